The van der Waals surface area contributed by atoms with Gasteiger partial charge in [-0.25, -0.2) is 4.39 Å². The molecule has 1 atom stereocenters. The number of aromatic nitrogens is 1. The average Bonchev–Trinajstić information content (AvgIpc) is 2.53. The fourth-order valence-electron chi connectivity index (χ4n) is 2.22. The smallest absolute Gasteiger partial charge is 0.147 e. The van der Waals surface area contributed by atoms with Gasteiger partial charge < -0.3 is 5.11 Å². The molecule has 1 heterocycles. The Morgan fingerprint density at radius 3 is 2.86 bits per heavy atom. The van der Waals surface area contributed by atoms with Gasteiger partial charge in [0.15, 0.2) is 0 Å². The van der Waals surface area contributed by atoms with Crippen LogP contribution in [0.4, 0.5) is 4.39 Å². The van der Waals surface area contributed by atoms with Crippen molar-refractivity contribution < 1.29 is 9.50 Å². The lowest BCUT2D eigenvalue weighted by Gasteiger charge is -2.15. The van der Waals surface area contributed by atoms with E-state index < -0.39 is 11.9 Å². The predicted molar refractivity (Wildman–Crippen MR) is 79.7 cm³/mol. The molecule has 0 radical (unpaired) electrons. The molecule has 0 bridgehead atoms. The molecule has 0 saturated carbocycles. The summed E-state index contributed by atoms with van der Waals surface area (Å²) in [6, 6.07) is 7.19. The molecule has 3 nitrogen and oxygen atoms in total. The molecule has 0 fully saturated rings. The van der Waals surface area contributed by atoms with Crippen molar-refractivity contribution in [3.8, 4) is 17.2 Å². The summed E-state index contributed by atoms with van der Waals surface area (Å²) < 4.78 is 14.0. The molecule has 106 valence electrons. The van der Waals surface area contributed by atoms with E-state index in [9.17, 15) is 9.50 Å². The van der Waals surface area contributed by atoms with Crippen LogP contribution in [0.25, 0.3) is 17.2 Å². The van der Waals surface area contributed by atoms with Gasteiger partial charge in [-0.2, -0.15) is 5.26 Å². The largest absolute Gasteiger partial charge is 0.388 e. The molecule has 21 heavy (non-hydrogen) atoms. The van der Waals surface area contributed by atoms with Crippen molar-refractivity contribution in [1.82, 2.24) is 4.98 Å². The summed E-state index contributed by atoms with van der Waals surface area (Å²) in [5.41, 5.74) is 2.61. The number of aliphatic hydroxyl groups is 1. The van der Waals surface area contributed by atoms with Crippen LogP contribution in [0.15, 0.2) is 37.2 Å². The highest BCUT2D eigenvalue weighted by atomic mass is 19.1. The second kappa shape index (κ2) is 6.29. The van der Waals surface area contributed by atoms with Crippen molar-refractivity contribution in [1.29, 1.82) is 5.26 Å². The van der Waals surface area contributed by atoms with Crippen LogP contribution in [-0.2, 0) is 0 Å². The Morgan fingerprint density at radius 1 is 1.48 bits per heavy atom. The highest BCUT2D eigenvalue weighted by Crippen LogP contribution is 2.32. The van der Waals surface area contributed by atoms with Gasteiger partial charge in [0.25, 0.3) is 0 Å². The summed E-state index contributed by atoms with van der Waals surface area (Å²) in [5, 5.41) is 19.1. The van der Waals surface area contributed by atoms with Crippen LogP contribution in [0.3, 0.4) is 0 Å². The van der Waals surface area contributed by atoms with Crippen molar-refractivity contribution in [2.75, 3.05) is 0 Å². The molecule has 1 unspecified atom stereocenters. The number of aliphatic hydroxyl groups excluding tert-OH is 1. The molecule has 1 N–H and O–H groups in total. The Morgan fingerprint density at radius 2 is 2.24 bits per heavy atom. The number of hydrogen-bond donors (Lipinski definition) is 1. The number of halogens is 1. The van der Waals surface area contributed by atoms with E-state index in [-0.39, 0.29) is 5.56 Å². The zero-order chi connectivity index (χ0) is 15.4. The third kappa shape index (κ3) is 2.83. The molecule has 0 aliphatic heterocycles. The van der Waals surface area contributed by atoms with Gasteiger partial charge >= 0.3 is 0 Å². The van der Waals surface area contributed by atoms with Crippen molar-refractivity contribution >= 4 is 6.08 Å². The number of hydrogen-bond acceptors (Lipinski definition) is 3. The van der Waals surface area contributed by atoms with Gasteiger partial charge in [-0.1, -0.05) is 25.6 Å². The Hall–Kier alpha value is -2.51. The molecule has 1 aromatic carbocycles. The molecule has 0 aliphatic carbocycles. The first-order valence-electron chi connectivity index (χ1n) is 6.60. The van der Waals surface area contributed by atoms with Crippen LogP contribution in [0.2, 0.25) is 0 Å². The quantitative estimate of drug-likeness (QED) is 0.926. The normalized spacial score (nSPS) is 11.7. The average molecular weight is 282 g/mol. The molecular weight excluding hydrogens is 267 g/mol. The van der Waals surface area contributed by atoms with E-state index in [4.69, 9.17) is 5.26 Å². The zero-order valence-electron chi connectivity index (χ0n) is 11.7. The Balaban J connectivity index is 2.65. The van der Waals surface area contributed by atoms with E-state index in [1.165, 1.54) is 6.20 Å². The van der Waals surface area contributed by atoms with Gasteiger partial charge in [-0.05, 0) is 29.7 Å². The SMILES string of the molecule is C=Cc1cc(-c2cncc(F)c2C(O)CC)ccc1C#N. The lowest BCUT2D eigenvalue weighted by molar-refractivity contribution is 0.169. The molecule has 0 spiro atoms. The van der Waals surface area contributed by atoms with E-state index in [0.29, 0.717) is 28.7 Å². The fourth-order valence-corrected chi connectivity index (χ4v) is 2.22. The number of nitriles is 1. The molecular formula is C17H15FN2O. The minimum atomic E-state index is -0.897. The highest BCUT2D eigenvalue weighted by molar-refractivity contribution is 5.72. The number of pyridine rings is 1. The van der Waals surface area contributed by atoms with E-state index in [2.05, 4.69) is 17.6 Å². The van der Waals surface area contributed by atoms with E-state index in [1.807, 2.05) is 0 Å². The van der Waals surface area contributed by atoms with Gasteiger partial charge in [-0.3, -0.25) is 4.98 Å². The van der Waals surface area contributed by atoms with Gasteiger partial charge in [0.1, 0.15) is 5.82 Å². The second-order valence-corrected chi connectivity index (χ2v) is 4.62. The van der Waals surface area contributed by atoms with E-state index >= 15 is 0 Å². The van der Waals surface area contributed by atoms with Crippen LogP contribution in [0, 0.1) is 17.1 Å². The number of rotatable bonds is 4. The van der Waals surface area contributed by atoms with E-state index in [1.54, 1.807) is 31.2 Å². The summed E-state index contributed by atoms with van der Waals surface area (Å²) in [7, 11) is 0. The summed E-state index contributed by atoms with van der Waals surface area (Å²) in [5.74, 6) is -0.536. The predicted octanol–water partition coefficient (Wildman–Crippen LogP) is 3.85. The topological polar surface area (TPSA) is 56.9 Å². The molecule has 2 rings (SSSR count). The first kappa shape index (κ1) is 14.9. The summed E-state index contributed by atoms with van der Waals surface area (Å²) >= 11 is 0. The molecule has 0 aliphatic rings. The van der Waals surface area contributed by atoms with Gasteiger partial charge in [0.05, 0.1) is 23.9 Å². The second-order valence-electron chi connectivity index (χ2n) is 4.62. The third-order valence-corrected chi connectivity index (χ3v) is 3.36. The molecule has 0 amide bonds. The standard InChI is InChI=1S/C17H15FN2O/c1-3-11-7-12(5-6-13(11)8-19)14-9-20-10-15(18)17(14)16(21)4-2/h3,5-7,9-10,16,21H,1,4H2,2H3. The van der Waals surface area contributed by atoms with Crippen molar-refractivity contribution in [3.63, 3.8) is 0 Å². The maximum atomic E-state index is 14.0. The van der Waals surface area contributed by atoms with Gasteiger partial charge in [0.2, 0.25) is 0 Å². The lowest BCUT2D eigenvalue weighted by atomic mass is 9.94. The maximum absolute atomic E-state index is 14.0. The van der Waals surface area contributed by atoms with E-state index in [0.717, 1.165) is 6.20 Å². The first-order chi connectivity index (χ1) is 10.1. The molecule has 0 saturated heterocycles. The monoisotopic (exact) mass is 282 g/mol. The Kier molecular flexibility index (Phi) is 4.46. The van der Waals surface area contributed by atoms with Crippen molar-refractivity contribution in [3.05, 3.63) is 59.7 Å². The molecule has 2 aromatic rings. The summed E-state index contributed by atoms with van der Waals surface area (Å²) in [4.78, 5) is 3.86. The third-order valence-electron chi connectivity index (χ3n) is 3.36. The first-order valence-corrected chi connectivity index (χ1v) is 6.60. The van der Waals surface area contributed by atoms with Crippen LogP contribution in [0.5, 0.6) is 0 Å². The summed E-state index contributed by atoms with van der Waals surface area (Å²) in [6.07, 6.45) is 3.69. The minimum absolute atomic E-state index is 0.229. The highest BCUT2D eigenvalue weighted by Gasteiger charge is 2.18. The number of benzene rings is 1. The van der Waals surface area contributed by atoms with Crippen LogP contribution < -0.4 is 0 Å². The molecule has 1 aromatic heterocycles. The van der Waals surface area contributed by atoms with Crippen molar-refractivity contribution in [2.24, 2.45) is 0 Å². The minimum Gasteiger partial charge on any atom is -0.388 e. The van der Waals surface area contributed by atoms with Crippen LogP contribution in [-0.4, -0.2) is 10.1 Å². The van der Waals surface area contributed by atoms with Crippen LogP contribution >= 0.6 is 0 Å². The Labute approximate surface area is 123 Å². The number of nitrogens with zero attached hydrogens (tertiary/aromatic N) is 2. The Bertz CT molecular complexity index is 719. The fraction of sp³-hybridized carbons (Fsp3) is 0.176. The lowest BCUT2D eigenvalue weighted by Crippen LogP contribution is -2.03. The van der Waals surface area contributed by atoms with Crippen LogP contribution in [0.1, 0.15) is 36.1 Å². The maximum Gasteiger partial charge on any atom is 0.147 e. The molecule has 4 heteroatoms. The summed E-state index contributed by atoms with van der Waals surface area (Å²) in [6.45, 7) is 5.46. The van der Waals surface area contributed by atoms with Gasteiger partial charge in [0, 0.05) is 17.3 Å². The van der Waals surface area contributed by atoms with Gasteiger partial charge in [-0.15, -0.1) is 0 Å². The zero-order valence-corrected chi connectivity index (χ0v) is 11.7. The van der Waals surface area contributed by atoms with Crippen molar-refractivity contribution in [2.45, 2.75) is 19.4 Å².